The molecular formula is C17H26N6O. The Labute approximate surface area is 142 Å². The second-order valence-corrected chi connectivity index (χ2v) is 6.48. The number of aryl methyl sites for hydroxylation is 3. The average Bonchev–Trinajstić information content (AvgIpc) is 3.15. The van der Waals surface area contributed by atoms with E-state index in [2.05, 4.69) is 39.1 Å². The zero-order chi connectivity index (χ0) is 17.1. The van der Waals surface area contributed by atoms with Crippen LogP contribution in [0, 0.1) is 6.92 Å². The third-order valence-corrected chi connectivity index (χ3v) is 4.56. The average molecular weight is 330 g/mol. The minimum Gasteiger partial charge on any atom is -0.335 e. The molecule has 0 aliphatic carbocycles. The fourth-order valence-corrected chi connectivity index (χ4v) is 3.06. The van der Waals surface area contributed by atoms with Gasteiger partial charge in [0.25, 0.3) is 0 Å². The molecule has 0 fully saturated rings. The number of aromatic nitrogens is 4. The first-order valence-corrected chi connectivity index (χ1v) is 8.72. The summed E-state index contributed by atoms with van der Waals surface area (Å²) in [6.45, 7) is 7.69. The van der Waals surface area contributed by atoms with Gasteiger partial charge < -0.3 is 9.88 Å². The molecule has 1 aliphatic rings. The Morgan fingerprint density at radius 1 is 1.42 bits per heavy atom. The Balaban J connectivity index is 1.55. The third-order valence-electron chi connectivity index (χ3n) is 4.56. The summed E-state index contributed by atoms with van der Waals surface area (Å²) in [6.07, 6.45) is 6.46. The van der Waals surface area contributed by atoms with E-state index in [1.54, 1.807) is 0 Å². The van der Waals surface area contributed by atoms with E-state index in [-0.39, 0.29) is 6.03 Å². The summed E-state index contributed by atoms with van der Waals surface area (Å²) in [7, 11) is 0. The second kappa shape index (κ2) is 7.07. The number of urea groups is 1. The van der Waals surface area contributed by atoms with E-state index in [1.165, 1.54) is 12.8 Å². The highest BCUT2D eigenvalue weighted by molar-refractivity contribution is 5.88. The molecule has 2 N–H and O–H groups in total. The number of amides is 2. The van der Waals surface area contributed by atoms with Crippen LogP contribution in [0.5, 0.6) is 0 Å². The first-order valence-electron chi connectivity index (χ1n) is 8.72. The molecule has 0 bridgehead atoms. The van der Waals surface area contributed by atoms with Gasteiger partial charge >= 0.3 is 6.03 Å². The lowest BCUT2D eigenvalue weighted by Gasteiger charge is -2.11. The number of hydrogen-bond acceptors (Lipinski definition) is 3. The summed E-state index contributed by atoms with van der Waals surface area (Å²) >= 11 is 0. The molecule has 0 spiro atoms. The molecule has 24 heavy (non-hydrogen) atoms. The first-order chi connectivity index (χ1) is 11.6. The molecule has 2 amide bonds. The maximum Gasteiger partial charge on any atom is 0.320 e. The van der Waals surface area contributed by atoms with Crippen molar-refractivity contribution in [1.82, 2.24) is 24.6 Å². The molecule has 0 saturated carbocycles. The van der Waals surface area contributed by atoms with Crippen molar-refractivity contribution in [3.8, 4) is 0 Å². The third kappa shape index (κ3) is 3.60. The summed E-state index contributed by atoms with van der Waals surface area (Å²) in [5.74, 6) is 1.70. The van der Waals surface area contributed by atoms with Crippen molar-refractivity contribution in [1.29, 1.82) is 0 Å². The molecule has 7 heteroatoms. The van der Waals surface area contributed by atoms with Crippen LogP contribution in [0.1, 0.15) is 56.4 Å². The standard InChI is InChI=1S/C17H26N6O/c1-4-12(2)23-13(3)9-15(21-23)20-17(24)18-10-14-11-22-8-6-5-7-16(22)19-14/h9,11-12H,4-8,10H2,1-3H3,(H2,18,20,21,24). The Bertz CT molecular complexity index is 693. The van der Waals surface area contributed by atoms with E-state index >= 15 is 0 Å². The van der Waals surface area contributed by atoms with Crippen LogP contribution in [0.3, 0.4) is 0 Å². The zero-order valence-corrected chi connectivity index (χ0v) is 14.7. The minimum atomic E-state index is -0.255. The summed E-state index contributed by atoms with van der Waals surface area (Å²) < 4.78 is 4.13. The van der Waals surface area contributed by atoms with Gasteiger partial charge in [-0.1, -0.05) is 6.92 Å². The maximum atomic E-state index is 12.1. The van der Waals surface area contributed by atoms with Crippen LogP contribution >= 0.6 is 0 Å². The number of hydrogen-bond donors (Lipinski definition) is 2. The number of carbonyl (C=O) groups excluding carboxylic acids is 1. The van der Waals surface area contributed by atoms with Crippen LogP contribution < -0.4 is 10.6 Å². The number of imidazole rings is 1. The van der Waals surface area contributed by atoms with Crippen molar-refractivity contribution in [2.24, 2.45) is 0 Å². The molecular weight excluding hydrogens is 304 g/mol. The quantitative estimate of drug-likeness (QED) is 0.884. The molecule has 2 aromatic rings. The predicted molar refractivity (Wildman–Crippen MR) is 93.0 cm³/mol. The van der Waals surface area contributed by atoms with Crippen molar-refractivity contribution in [3.05, 3.63) is 29.5 Å². The van der Waals surface area contributed by atoms with Gasteiger partial charge in [0, 0.05) is 37.0 Å². The van der Waals surface area contributed by atoms with Crippen molar-refractivity contribution in [2.45, 2.75) is 65.6 Å². The van der Waals surface area contributed by atoms with Crippen molar-refractivity contribution in [2.75, 3.05) is 5.32 Å². The van der Waals surface area contributed by atoms with E-state index < -0.39 is 0 Å². The molecule has 0 saturated heterocycles. The van der Waals surface area contributed by atoms with E-state index in [1.807, 2.05) is 23.9 Å². The fourth-order valence-electron chi connectivity index (χ4n) is 3.06. The molecule has 0 radical (unpaired) electrons. The summed E-state index contributed by atoms with van der Waals surface area (Å²) in [5.41, 5.74) is 1.95. The van der Waals surface area contributed by atoms with E-state index in [0.29, 0.717) is 18.4 Å². The number of fused-ring (bicyclic) bond motifs is 1. The lowest BCUT2D eigenvalue weighted by Crippen LogP contribution is -2.28. The highest BCUT2D eigenvalue weighted by Crippen LogP contribution is 2.17. The molecule has 7 nitrogen and oxygen atoms in total. The molecule has 130 valence electrons. The van der Waals surface area contributed by atoms with Crippen molar-refractivity contribution < 1.29 is 4.79 Å². The van der Waals surface area contributed by atoms with Crippen LogP contribution in [0.4, 0.5) is 10.6 Å². The van der Waals surface area contributed by atoms with Gasteiger partial charge in [-0.15, -0.1) is 0 Å². The molecule has 0 aromatic carbocycles. The first kappa shape index (κ1) is 16.5. The predicted octanol–water partition coefficient (Wildman–Crippen LogP) is 3.02. The minimum absolute atomic E-state index is 0.255. The number of nitrogens with one attached hydrogen (secondary N) is 2. The smallest absolute Gasteiger partial charge is 0.320 e. The Morgan fingerprint density at radius 3 is 3.00 bits per heavy atom. The zero-order valence-electron chi connectivity index (χ0n) is 14.7. The van der Waals surface area contributed by atoms with Gasteiger partial charge in [0.2, 0.25) is 0 Å². The van der Waals surface area contributed by atoms with Crippen LogP contribution in [0.15, 0.2) is 12.3 Å². The van der Waals surface area contributed by atoms with E-state index in [4.69, 9.17) is 0 Å². The topological polar surface area (TPSA) is 76.8 Å². The lowest BCUT2D eigenvalue weighted by atomic mass is 10.2. The summed E-state index contributed by atoms with van der Waals surface area (Å²) in [5, 5.41) is 10.1. The van der Waals surface area contributed by atoms with Crippen molar-refractivity contribution >= 4 is 11.8 Å². The number of rotatable bonds is 5. The van der Waals surface area contributed by atoms with Gasteiger partial charge in [-0.05, 0) is 33.1 Å². The number of nitrogens with zero attached hydrogens (tertiary/aromatic N) is 4. The SMILES string of the molecule is CCC(C)n1nc(NC(=O)NCc2cn3c(n2)CCCC3)cc1C. The second-order valence-electron chi connectivity index (χ2n) is 6.48. The molecule has 1 unspecified atom stereocenters. The Morgan fingerprint density at radius 2 is 2.25 bits per heavy atom. The normalized spacial score (nSPS) is 15.0. The van der Waals surface area contributed by atoms with Crippen LogP contribution in [0.25, 0.3) is 0 Å². The summed E-state index contributed by atoms with van der Waals surface area (Å²) in [6, 6.07) is 1.95. The lowest BCUT2D eigenvalue weighted by molar-refractivity contribution is 0.251. The Hall–Kier alpha value is -2.31. The van der Waals surface area contributed by atoms with Gasteiger partial charge in [0.05, 0.1) is 12.2 Å². The van der Waals surface area contributed by atoms with Gasteiger partial charge in [-0.2, -0.15) is 5.10 Å². The fraction of sp³-hybridized carbons (Fsp3) is 0.588. The Kier molecular flexibility index (Phi) is 4.87. The highest BCUT2D eigenvalue weighted by atomic mass is 16.2. The molecule has 3 heterocycles. The molecule has 3 rings (SSSR count). The maximum absolute atomic E-state index is 12.1. The van der Waals surface area contributed by atoms with Crippen LogP contribution in [0.2, 0.25) is 0 Å². The van der Waals surface area contributed by atoms with Crippen molar-refractivity contribution in [3.63, 3.8) is 0 Å². The largest absolute Gasteiger partial charge is 0.335 e. The van der Waals surface area contributed by atoms with Gasteiger partial charge in [-0.25, -0.2) is 9.78 Å². The van der Waals surface area contributed by atoms with Gasteiger partial charge in [-0.3, -0.25) is 10.00 Å². The molecule has 1 atom stereocenters. The van der Waals surface area contributed by atoms with Crippen LogP contribution in [-0.4, -0.2) is 25.4 Å². The highest BCUT2D eigenvalue weighted by Gasteiger charge is 2.14. The van der Waals surface area contributed by atoms with Crippen LogP contribution in [-0.2, 0) is 19.5 Å². The monoisotopic (exact) mass is 330 g/mol. The summed E-state index contributed by atoms with van der Waals surface area (Å²) in [4.78, 5) is 16.7. The molecule has 2 aromatic heterocycles. The van der Waals surface area contributed by atoms with Gasteiger partial charge in [0.15, 0.2) is 5.82 Å². The van der Waals surface area contributed by atoms with Gasteiger partial charge in [0.1, 0.15) is 5.82 Å². The number of anilines is 1. The van der Waals surface area contributed by atoms with E-state index in [0.717, 1.165) is 36.6 Å². The molecule has 1 aliphatic heterocycles. The van der Waals surface area contributed by atoms with E-state index in [9.17, 15) is 4.79 Å². The number of carbonyl (C=O) groups is 1.